The highest BCUT2D eigenvalue weighted by atomic mass is 35.5. The molecule has 0 aliphatic carbocycles. The van der Waals surface area contributed by atoms with Crippen LogP contribution in [0.5, 0.6) is 0 Å². The van der Waals surface area contributed by atoms with Gasteiger partial charge in [0.1, 0.15) is 0 Å². The SMILES string of the molecule is CC(O)[C@@H](CCCl)CCCCC(=O)O. The van der Waals surface area contributed by atoms with Crippen molar-refractivity contribution in [3.63, 3.8) is 0 Å². The Morgan fingerprint density at radius 3 is 2.43 bits per heavy atom. The second-order valence-electron chi connectivity index (χ2n) is 3.62. The summed E-state index contributed by atoms with van der Waals surface area (Å²) in [5, 5.41) is 17.8. The van der Waals surface area contributed by atoms with Gasteiger partial charge in [-0.15, -0.1) is 11.6 Å². The Kier molecular flexibility index (Phi) is 7.90. The first-order chi connectivity index (χ1) is 6.57. The minimum atomic E-state index is -0.754. The first kappa shape index (κ1) is 13.7. The van der Waals surface area contributed by atoms with Crippen molar-refractivity contribution in [1.29, 1.82) is 0 Å². The maximum atomic E-state index is 10.2. The zero-order valence-corrected chi connectivity index (χ0v) is 9.33. The molecule has 0 saturated carbocycles. The lowest BCUT2D eigenvalue weighted by Crippen LogP contribution is -2.17. The number of aliphatic hydroxyl groups is 1. The number of carbonyl (C=O) groups is 1. The number of aliphatic hydroxyl groups excluding tert-OH is 1. The molecule has 14 heavy (non-hydrogen) atoms. The fraction of sp³-hybridized carbons (Fsp3) is 0.900. The van der Waals surface area contributed by atoms with E-state index in [9.17, 15) is 9.90 Å². The molecule has 0 rings (SSSR count). The summed E-state index contributed by atoms with van der Waals surface area (Å²) < 4.78 is 0. The molecule has 0 aromatic heterocycles. The molecule has 0 aromatic rings. The number of hydrogen-bond donors (Lipinski definition) is 2. The molecular weight excluding hydrogens is 204 g/mol. The highest BCUT2D eigenvalue weighted by Gasteiger charge is 2.13. The van der Waals surface area contributed by atoms with E-state index in [1.807, 2.05) is 0 Å². The Bertz CT molecular complexity index is 159. The van der Waals surface area contributed by atoms with Gasteiger partial charge in [-0.1, -0.05) is 6.42 Å². The van der Waals surface area contributed by atoms with Crippen LogP contribution >= 0.6 is 11.6 Å². The lowest BCUT2D eigenvalue weighted by atomic mass is 9.94. The van der Waals surface area contributed by atoms with Gasteiger partial charge in [-0.05, 0) is 32.1 Å². The number of carboxylic acid groups (broad SMARTS) is 1. The predicted molar refractivity (Wildman–Crippen MR) is 56.6 cm³/mol. The highest BCUT2D eigenvalue weighted by Crippen LogP contribution is 2.18. The molecule has 0 aromatic carbocycles. The van der Waals surface area contributed by atoms with E-state index in [0.29, 0.717) is 12.3 Å². The molecule has 4 heteroatoms. The van der Waals surface area contributed by atoms with Crippen molar-refractivity contribution >= 4 is 17.6 Å². The zero-order valence-electron chi connectivity index (χ0n) is 8.58. The molecule has 0 aliphatic heterocycles. The summed E-state index contributed by atoms with van der Waals surface area (Å²) in [6, 6.07) is 0. The van der Waals surface area contributed by atoms with Crippen LogP contribution in [0.15, 0.2) is 0 Å². The molecular formula is C10H19ClO3. The van der Waals surface area contributed by atoms with Crippen molar-refractivity contribution in [2.24, 2.45) is 5.92 Å². The summed E-state index contributed by atoms with van der Waals surface area (Å²) in [6.07, 6.45) is 3.05. The number of carboxylic acids is 1. The maximum absolute atomic E-state index is 10.2. The summed E-state index contributed by atoms with van der Waals surface area (Å²) in [5.74, 6) is 0.00587. The monoisotopic (exact) mass is 222 g/mol. The number of rotatable bonds is 8. The normalized spacial score (nSPS) is 15.1. The smallest absolute Gasteiger partial charge is 0.303 e. The van der Waals surface area contributed by atoms with Gasteiger partial charge in [-0.2, -0.15) is 0 Å². The lowest BCUT2D eigenvalue weighted by molar-refractivity contribution is -0.137. The molecule has 0 bridgehead atoms. The fourth-order valence-electron chi connectivity index (χ4n) is 1.45. The lowest BCUT2D eigenvalue weighted by Gasteiger charge is -2.18. The molecule has 0 saturated heterocycles. The van der Waals surface area contributed by atoms with E-state index in [4.69, 9.17) is 16.7 Å². The summed E-state index contributed by atoms with van der Waals surface area (Å²) in [6.45, 7) is 1.76. The average molecular weight is 223 g/mol. The van der Waals surface area contributed by atoms with Gasteiger partial charge in [-0.25, -0.2) is 0 Å². The second kappa shape index (κ2) is 8.06. The van der Waals surface area contributed by atoms with Crippen LogP contribution in [0.3, 0.4) is 0 Å². The van der Waals surface area contributed by atoms with Gasteiger partial charge in [0.15, 0.2) is 0 Å². The van der Waals surface area contributed by atoms with E-state index < -0.39 is 5.97 Å². The Morgan fingerprint density at radius 2 is 2.00 bits per heavy atom. The standard InChI is InChI=1S/C10H19ClO3/c1-8(12)9(6-7-11)4-2-3-5-10(13)14/h8-9,12H,2-7H2,1H3,(H,13,14)/t8?,9-/m1/s1. The summed E-state index contributed by atoms with van der Waals surface area (Å²) in [4.78, 5) is 10.2. The van der Waals surface area contributed by atoms with Gasteiger partial charge in [0.05, 0.1) is 6.10 Å². The van der Waals surface area contributed by atoms with Crippen molar-refractivity contribution in [3.05, 3.63) is 0 Å². The van der Waals surface area contributed by atoms with Crippen LogP contribution in [-0.4, -0.2) is 28.2 Å². The van der Waals surface area contributed by atoms with Gasteiger partial charge < -0.3 is 10.2 Å². The molecule has 84 valence electrons. The van der Waals surface area contributed by atoms with Gasteiger partial charge >= 0.3 is 5.97 Å². The third-order valence-corrected chi connectivity index (χ3v) is 2.60. The summed E-state index contributed by atoms with van der Waals surface area (Å²) in [5.41, 5.74) is 0. The van der Waals surface area contributed by atoms with Crippen molar-refractivity contribution in [1.82, 2.24) is 0 Å². The third-order valence-electron chi connectivity index (χ3n) is 2.38. The van der Waals surface area contributed by atoms with E-state index in [2.05, 4.69) is 0 Å². The molecule has 3 nitrogen and oxygen atoms in total. The fourth-order valence-corrected chi connectivity index (χ4v) is 1.73. The van der Waals surface area contributed by atoms with Crippen LogP contribution in [0.2, 0.25) is 0 Å². The third kappa shape index (κ3) is 7.15. The van der Waals surface area contributed by atoms with Crippen LogP contribution in [0, 0.1) is 5.92 Å². The first-order valence-corrected chi connectivity index (χ1v) is 5.57. The van der Waals surface area contributed by atoms with Crippen molar-refractivity contribution in [2.75, 3.05) is 5.88 Å². The van der Waals surface area contributed by atoms with Crippen LogP contribution in [0.1, 0.15) is 39.0 Å². The van der Waals surface area contributed by atoms with Crippen LogP contribution in [-0.2, 0) is 4.79 Å². The quantitative estimate of drug-likeness (QED) is 0.489. The van der Waals surface area contributed by atoms with E-state index in [-0.39, 0.29) is 18.4 Å². The van der Waals surface area contributed by atoms with E-state index in [1.54, 1.807) is 6.92 Å². The van der Waals surface area contributed by atoms with E-state index in [0.717, 1.165) is 19.3 Å². The largest absolute Gasteiger partial charge is 0.481 e. The predicted octanol–water partition coefficient (Wildman–Crippen LogP) is 2.26. The number of alkyl halides is 1. The molecule has 0 heterocycles. The minimum Gasteiger partial charge on any atom is -0.481 e. The average Bonchev–Trinajstić information content (AvgIpc) is 2.09. The second-order valence-corrected chi connectivity index (χ2v) is 4.00. The van der Waals surface area contributed by atoms with Gasteiger partial charge in [0, 0.05) is 12.3 Å². The Hall–Kier alpha value is -0.280. The van der Waals surface area contributed by atoms with Gasteiger partial charge in [0.25, 0.3) is 0 Å². The minimum absolute atomic E-state index is 0.210. The van der Waals surface area contributed by atoms with Crippen LogP contribution in [0.4, 0.5) is 0 Å². The number of aliphatic carboxylic acids is 1. The zero-order chi connectivity index (χ0) is 11.0. The first-order valence-electron chi connectivity index (χ1n) is 5.03. The van der Waals surface area contributed by atoms with E-state index >= 15 is 0 Å². The number of unbranched alkanes of at least 4 members (excludes halogenated alkanes) is 1. The van der Waals surface area contributed by atoms with Gasteiger partial charge in [0.2, 0.25) is 0 Å². The van der Waals surface area contributed by atoms with Gasteiger partial charge in [-0.3, -0.25) is 4.79 Å². The molecule has 0 aliphatic rings. The molecule has 1 unspecified atom stereocenters. The molecule has 2 N–H and O–H groups in total. The number of halogens is 1. The van der Waals surface area contributed by atoms with Crippen molar-refractivity contribution < 1.29 is 15.0 Å². The molecule has 0 fully saturated rings. The Balaban J connectivity index is 3.55. The maximum Gasteiger partial charge on any atom is 0.303 e. The topological polar surface area (TPSA) is 57.5 Å². The molecule has 0 spiro atoms. The molecule has 0 radical (unpaired) electrons. The van der Waals surface area contributed by atoms with Crippen molar-refractivity contribution in [2.45, 2.75) is 45.1 Å². The summed E-state index contributed by atoms with van der Waals surface area (Å²) in [7, 11) is 0. The summed E-state index contributed by atoms with van der Waals surface area (Å²) >= 11 is 5.60. The highest BCUT2D eigenvalue weighted by molar-refractivity contribution is 6.17. The molecule has 2 atom stereocenters. The van der Waals surface area contributed by atoms with Crippen LogP contribution < -0.4 is 0 Å². The molecule has 0 amide bonds. The number of hydrogen-bond acceptors (Lipinski definition) is 2. The Labute approximate surface area is 90.1 Å². The van der Waals surface area contributed by atoms with Crippen molar-refractivity contribution in [3.8, 4) is 0 Å². The van der Waals surface area contributed by atoms with Crippen LogP contribution in [0.25, 0.3) is 0 Å². The Morgan fingerprint density at radius 1 is 1.36 bits per heavy atom. The van der Waals surface area contributed by atoms with E-state index in [1.165, 1.54) is 0 Å².